The van der Waals surface area contributed by atoms with Gasteiger partial charge in [0.05, 0.1) is 0 Å². The van der Waals surface area contributed by atoms with Crippen molar-refractivity contribution in [3.8, 4) is 44.5 Å². The molecule has 1 aromatic heterocycles. The number of rotatable bonds is 6. The lowest BCUT2D eigenvalue weighted by Gasteiger charge is -2.28. The van der Waals surface area contributed by atoms with E-state index in [2.05, 4.69) is 219 Å². The molecule has 0 bridgehead atoms. The molecule has 0 spiro atoms. The van der Waals surface area contributed by atoms with Crippen LogP contribution in [0.4, 0.5) is 17.1 Å². The summed E-state index contributed by atoms with van der Waals surface area (Å²) in [5, 5.41) is 4.72. The summed E-state index contributed by atoms with van der Waals surface area (Å²) in [5.41, 5.74) is 17.4. The maximum atomic E-state index is 6.73. The molecule has 0 aliphatic heterocycles. The van der Waals surface area contributed by atoms with Gasteiger partial charge in [0.15, 0.2) is 0 Å². The highest BCUT2D eigenvalue weighted by Gasteiger charge is 2.35. The third kappa shape index (κ3) is 5.40. The summed E-state index contributed by atoms with van der Waals surface area (Å²) in [6.07, 6.45) is 0. The Morgan fingerprint density at radius 2 is 0.947 bits per heavy atom. The van der Waals surface area contributed by atoms with Gasteiger partial charge in [0, 0.05) is 33.2 Å². The number of furan rings is 1. The van der Waals surface area contributed by atoms with Crippen molar-refractivity contribution in [3.05, 3.63) is 211 Å². The fourth-order valence-corrected chi connectivity index (χ4v) is 9.21. The first-order valence-electron chi connectivity index (χ1n) is 19.8. The summed E-state index contributed by atoms with van der Waals surface area (Å²) >= 11 is 0. The van der Waals surface area contributed by atoms with Crippen LogP contribution in [-0.2, 0) is 5.41 Å². The topological polar surface area (TPSA) is 16.4 Å². The number of benzene rings is 9. The molecule has 0 saturated carbocycles. The maximum absolute atomic E-state index is 6.73. The quantitative estimate of drug-likeness (QED) is 0.169. The zero-order chi connectivity index (χ0) is 38.1. The van der Waals surface area contributed by atoms with E-state index in [4.69, 9.17) is 4.42 Å². The van der Waals surface area contributed by atoms with E-state index < -0.39 is 0 Å². The molecule has 10 aromatic rings. The van der Waals surface area contributed by atoms with Crippen LogP contribution >= 0.6 is 0 Å². The van der Waals surface area contributed by atoms with Crippen LogP contribution in [0.3, 0.4) is 0 Å². The first-order chi connectivity index (χ1) is 28.0. The normalized spacial score (nSPS) is 12.9. The molecule has 1 aliphatic carbocycles. The summed E-state index contributed by atoms with van der Waals surface area (Å²) in [6, 6.07) is 72.5. The third-order valence-corrected chi connectivity index (χ3v) is 12.1. The van der Waals surface area contributed by atoms with Gasteiger partial charge in [-0.15, -0.1) is 0 Å². The van der Waals surface area contributed by atoms with Gasteiger partial charge in [0.2, 0.25) is 0 Å². The molecule has 0 radical (unpaired) electrons. The number of anilines is 3. The third-order valence-electron chi connectivity index (χ3n) is 12.1. The predicted octanol–water partition coefficient (Wildman–Crippen LogP) is 15.5. The van der Waals surface area contributed by atoms with E-state index in [0.717, 1.165) is 50.1 Å². The van der Waals surface area contributed by atoms with E-state index in [0.29, 0.717) is 0 Å². The molecule has 57 heavy (non-hydrogen) atoms. The molecule has 0 N–H and O–H groups in total. The van der Waals surface area contributed by atoms with Crippen LogP contribution < -0.4 is 4.90 Å². The minimum atomic E-state index is -0.109. The molecule has 1 aliphatic rings. The highest BCUT2D eigenvalue weighted by atomic mass is 16.3. The fraction of sp³-hybridized carbons (Fsp3) is 0.0545. The second-order valence-corrected chi connectivity index (χ2v) is 15.7. The van der Waals surface area contributed by atoms with Crippen molar-refractivity contribution in [2.45, 2.75) is 19.3 Å². The lowest BCUT2D eigenvalue weighted by Crippen LogP contribution is -2.16. The van der Waals surface area contributed by atoms with E-state index in [1.54, 1.807) is 0 Å². The maximum Gasteiger partial charge on any atom is 0.136 e. The molecule has 2 heteroatoms. The van der Waals surface area contributed by atoms with Gasteiger partial charge in [-0.05, 0) is 121 Å². The van der Waals surface area contributed by atoms with Gasteiger partial charge in [-0.3, -0.25) is 0 Å². The lowest BCUT2D eigenvalue weighted by atomic mass is 9.82. The van der Waals surface area contributed by atoms with Gasteiger partial charge in [0.1, 0.15) is 11.2 Å². The fourth-order valence-electron chi connectivity index (χ4n) is 9.21. The standard InChI is InChI=1S/C55H39NO/c1-55(2)50-23-12-11-21-45(50)46-31-29-43(34-51(46)55)56(41-27-24-37(25-28-41)36-14-5-3-6-15-36)42-19-13-18-39(32-42)40-26-30-48-52(33-40)57-53-35-49(38-16-7-4-8-17-38)44-20-9-10-22-47(44)54(48)53/h3-35H,1-2H3. The number of nitrogens with zero attached hydrogens (tertiary/aromatic N) is 1. The van der Waals surface area contributed by atoms with Crippen molar-refractivity contribution in [1.29, 1.82) is 0 Å². The van der Waals surface area contributed by atoms with Crippen LogP contribution in [-0.4, -0.2) is 0 Å². The largest absolute Gasteiger partial charge is 0.456 e. The predicted molar refractivity (Wildman–Crippen MR) is 240 cm³/mol. The van der Waals surface area contributed by atoms with Gasteiger partial charge < -0.3 is 9.32 Å². The van der Waals surface area contributed by atoms with Crippen molar-refractivity contribution in [2.75, 3.05) is 4.90 Å². The minimum Gasteiger partial charge on any atom is -0.456 e. The molecule has 0 atom stereocenters. The molecule has 0 fully saturated rings. The molecule has 270 valence electrons. The molecule has 9 aromatic carbocycles. The molecule has 11 rings (SSSR count). The van der Waals surface area contributed by atoms with Crippen molar-refractivity contribution < 1.29 is 4.42 Å². The van der Waals surface area contributed by atoms with E-state index in [1.165, 1.54) is 55.3 Å². The van der Waals surface area contributed by atoms with E-state index in [-0.39, 0.29) is 5.41 Å². The molecule has 1 heterocycles. The first kappa shape index (κ1) is 33.2. The highest BCUT2D eigenvalue weighted by Crippen LogP contribution is 2.51. The molecular weight excluding hydrogens is 691 g/mol. The summed E-state index contributed by atoms with van der Waals surface area (Å²) < 4.78 is 6.73. The zero-order valence-electron chi connectivity index (χ0n) is 31.9. The lowest BCUT2D eigenvalue weighted by molar-refractivity contribution is 0.660. The Hall–Kier alpha value is -7.16. The van der Waals surface area contributed by atoms with Gasteiger partial charge in [-0.1, -0.05) is 159 Å². The average molecular weight is 730 g/mol. The Labute approximate surface area is 332 Å². The monoisotopic (exact) mass is 729 g/mol. The Kier molecular flexibility index (Phi) is 7.55. The summed E-state index contributed by atoms with van der Waals surface area (Å²) in [6.45, 7) is 4.70. The van der Waals surface area contributed by atoms with Crippen molar-refractivity contribution in [3.63, 3.8) is 0 Å². The number of hydrogen-bond donors (Lipinski definition) is 0. The van der Waals surface area contributed by atoms with Crippen LogP contribution in [0.1, 0.15) is 25.0 Å². The summed E-state index contributed by atoms with van der Waals surface area (Å²) in [7, 11) is 0. The molecule has 0 amide bonds. The Bertz CT molecular complexity index is 3140. The van der Waals surface area contributed by atoms with Gasteiger partial charge in [-0.25, -0.2) is 0 Å². The van der Waals surface area contributed by atoms with E-state index in [1.807, 2.05) is 0 Å². The van der Waals surface area contributed by atoms with Gasteiger partial charge in [0.25, 0.3) is 0 Å². The van der Waals surface area contributed by atoms with Crippen LogP contribution in [0.2, 0.25) is 0 Å². The summed E-state index contributed by atoms with van der Waals surface area (Å²) in [4.78, 5) is 2.40. The Morgan fingerprint density at radius 1 is 0.351 bits per heavy atom. The Balaban J connectivity index is 1.04. The molecular formula is C55H39NO. The highest BCUT2D eigenvalue weighted by molar-refractivity contribution is 6.22. The second-order valence-electron chi connectivity index (χ2n) is 15.7. The number of fused-ring (bicyclic) bond motifs is 8. The SMILES string of the molecule is CC1(C)c2ccccc2-c2ccc(N(c3ccc(-c4ccccc4)cc3)c3cccc(-c4ccc5c(c4)oc4cc(-c6ccccc6)c6ccccc6c45)c3)cc21. The van der Waals surface area contributed by atoms with Crippen LogP contribution in [0.15, 0.2) is 205 Å². The molecule has 2 nitrogen and oxygen atoms in total. The smallest absolute Gasteiger partial charge is 0.136 e. The van der Waals surface area contributed by atoms with Crippen molar-refractivity contribution in [2.24, 2.45) is 0 Å². The molecule has 0 unspecified atom stereocenters. The Morgan fingerprint density at radius 3 is 1.75 bits per heavy atom. The zero-order valence-corrected chi connectivity index (χ0v) is 31.9. The van der Waals surface area contributed by atoms with E-state index >= 15 is 0 Å². The van der Waals surface area contributed by atoms with E-state index in [9.17, 15) is 0 Å². The second kappa shape index (κ2) is 13.0. The van der Waals surface area contributed by atoms with Gasteiger partial charge in [-0.2, -0.15) is 0 Å². The molecule has 0 saturated heterocycles. The number of hydrogen-bond acceptors (Lipinski definition) is 2. The minimum absolute atomic E-state index is 0.109. The van der Waals surface area contributed by atoms with Crippen molar-refractivity contribution in [1.82, 2.24) is 0 Å². The average Bonchev–Trinajstić information content (AvgIpc) is 3.75. The van der Waals surface area contributed by atoms with Crippen molar-refractivity contribution >= 4 is 49.8 Å². The first-order valence-corrected chi connectivity index (χ1v) is 19.8. The van der Waals surface area contributed by atoms with Crippen LogP contribution in [0, 0.1) is 0 Å². The van der Waals surface area contributed by atoms with Crippen LogP contribution in [0.5, 0.6) is 0 Å². The van der Waals surface area contributed by atoms with Crippen LogP contribution in [0.25, 0.3) is 77.2 Å². The summed E-state index contributed by atoms with van der Waals surface area (Å²) in [5.74, 6) is 0. The van der Waals surface area contributed by atoms with Gasteiger partial charge >= 0.3 is 0 Å².